The van der Waals surface area contributed by atoms with Crippen molar-refractivity contribution in [1.82, 2.24) is 0 Å². The van der Waals surface area contributed by atoms with Crippen molar-refractivity contribution in [2.24, 2.45) is 0 Å². The first-order chi connectivity index (χ1) is 16.1. The topological polar surface area (TPSA) is 55.8 Å². The summed E-state index contributed by atoms with van der Waals surface area (Å²) in [4.78, 5) is 0. The van der Waals surface area contributed by atoms with E-state index in [1.54, 1.807) is 0 Å². The van der Waals surface area contributed by atoms with E-state index in [2.05, 4.69) is 0 Å². The molecule has 168 valence electrons. The van der Waals surface area contributed by atoms with Crippen molar-refractivity contribution >= 4 is 7.60 Å². The lowest BCUT2D eigenvalue weighted by Gasteiger charge is -2.30. The lowest BCUT2D eigenvalue weighted by atomic mass is 10.0. The van der Waals surface area contributed by atoms with E-state index in [1.807, 2.05) is 121 Å². The number of rotatable bonds is 9. The fourth-order valence-corrected chi connectivity index (χ4v) is 5.11. The summed E-state index contributed by atoms with van der Waals surface area (Å²) in [6.45, 7) is 1.45. The van der Waals surface area contributed by atoms with Crippen molar-refractivity contribution < 1.29 is 18.7 Å². The highest BCUT2D eigenvalue weighted by Gasteiger charge is 2.39. The molecule has 0 amide bonds. The summed E-state index contributed by atoms with van der Waals surface area (Å²) in [5, 5.41) is 10.6. The van der Waals surface area contributed by atoms with Crippen LogP contribution in [0.25, 0.3) is 0 Å². The molecule has 1 unspecified atom stereocenters. The van der Waals surface area contributed by atoms with Crippen LogP contribution in [-0.4, -0.2) is 11.0 Å². The molecule has 0 aliphatic carbocycles. The quantitative estimate of drug-likeness (QED) is 0.271. The molecule has 4 aromatic carbocycles. The van der Waals surface area contributed by atoms with Crippen LogP contribution in [0.1, 0.15) is 41.4 Å². The van der Waals surface area contributed by atoms with Crippen LogP contribution in [0.5, 0.6) is 0 Å². The maximum atomic E-state index is 14.1. The van der Waals surface area contributed by atoms with Crippen LogP contribution in [0.2, 0.25) is 0 Å². The fraction of sp³-hybridized carbons (Fsp3) is 0.143. The van der Waals surface area contributed by atoms with Gasteiger partial charge in [-0.3, -0.25) is 13.6 Å². The summed E-state index contributed by atoms with van der Waals surface area (Å²) in [5.74, 6) is -1.33. The van der Waals surface area contributed by atoms with E-state index < -0.39 is 25.6 Å². The Labute approximate surface area is 195 Å². The van der Waals surface area contributed by atoms with Crippen molar-refractivity contribution in [3.63, 3.8) is 0 Å². The Kier molecular flexibility index (Phi) is 7.54. The molecule has 0 bridgehead atoms. The van der Waals surface area contributed by atoms with E-state index in [4.69, 9.17) is 9.05 Å². The normalized spacial score (nSPS) is 12.7. The van der Waals surface area contributed by atoms with Gasteiger partial charge in [-0.05, 0) is 29.2 Å². The van der Waals surface area contributed by atoms with Gasteiger partial charge in [0, 0.05) is 0 Å². The molecular formula is C28H27O4P. The minimum atomic E-state index is -4.01. The molecular weight excluding hydrogens is 431 g/mol. The monoisotopic (exact) mass is 458 g/mol. The van der Waals surface area contributed by atoms with Crippen molar-refractivity contribution in [3.05, 3.63) is 144 Å². The average Bonchev–Trinajstić information content (AvgIpc) is 2.88. The Morgan fingerprint density at radius 3 is 1.00 bits per heavy atom. The van der Waals surface area contributed by atoms with Gasteiger partial charge < -0.3 is 5.11 Å². The molecule has 0 fully saturated rings. The number of aliphatic hydroxyl groups is 1. The molecule has 0 aliphatic heterocycles. The first kappa shape index (κ1) is 23.2. The standard InChI is InChI=1S/C28H27O4P/c1-22(29)33(30,31-27(23-14-6-2-7-15-23)24-16-8-3-9-17-24)32-28(25-18-10-4-11-19-25)26-20-12-5-13-21-26/h2-22,27-29H,1H3. The Balaban J connectivity index is 1.74. The molecule has 4 nitrogen and oxygen atoms in total. The van der Waals surface area contributed by atoms with E-state index >= 15 is 0 Å². The molecule has 33 heavy (non-hydrogen) atoms. The average molecular weight is 458 g/mol. The molecule has 0 heterocycles. The zero-order valence-electron chi connectivity index (χ0n) is 18.4. The second-order valence-electron chi connectivity index (χ2n) is 7.79. The predicted octanol–water partition coefficient (Wildman–Crippen LogP) is 7.13. The maximum absolute atomic E-state index is 14.1. The molecule has 4 aromatic rings. The van der Waals surface area contributed by atoms with E-state index in [-0.39, 0.29) is 0 Å². The number of hydrogen-bond acceptors (Lipinski definition) is 4. The predicted molar refractivity (Wildman–Crippen MR) is 131 cm³/mol. The zero-order chi connectivity index (χ0) is 23.1. The van der Waals surface area contributed by atoms with Gasteiger partial charge in [-0.1, -0.05) is 121 Å². The highest BCUT2D eigenvalue weighted by Crippen LogP contribution is 2.59. The van der Waals surface area contributed by atoms with Gasteiger partial charge in [-0.2, -0.15) is 0 Å². The molecule has 1 N–H and O–H groups in total. The van der Waals surface area contributed by atoms with Gasteiger partial charge in [0.05, 0.1) is 0 Å². The van der Waals surface area contributed by atoms with Crippen LogP contribution in [0.15, 0.2) is 121 Å². The second-order valence-corrected chi connectivity index (χ2v) is 10.0. The van der Waals surface area contributed by atoms with Crippen LogP contribution in [0.4, 0.5) is 0 Å². The van der Waals surface area contributed by atoms with Gasteiger partial charge in [-0.25, -0.2) is 0 Å². The van der Waals surface area contributed by atoms with Crippen molar-refractivity contribution in [2.45, 2.75) is 25.0 Å². The number of aliphatic hydroxyl groups excluding tert-OH is 1. The smallest absolute Gasteiger partial charge is 0.360 e. The van der Waals surface area contributed by atoms with Crippen molar-refractivity contribution in [3.8, 4) is 0 Å². The van der Waals surface area contributed by atoms with E-state index in [0.717, 1.165) is 22.3 Å². The SMILES string of the molecule is CC(O)P(=O)(OC(c1ccccc1)c1ccccc1)OC(c1ccccc1)c1ccccc1. The van der Waals surface area contributed by atoms with Gasteiger partial charge in [-0.15, -0.1) is 0 Å². The molecule has 0 spiro atoms. The summed E-state index contributed by atoms with van der Waals surface area (Å²) in [7, 11) is -4.01. The number of hydrogen-bond donors (Lipinski definition) is 1. The van der Waals surface area contributed by atoms with Crippen LogP contribution in [-0.2, 0) is 13.6 Å². The first-order valence-corrected chi connectivity index (χ1v) is 12.5. The Morgan fingerprint density at radius 1 is 0.545 bits per heavy atom. The van der Waals surface area contributed by atoms with Gasteiger partial charge in [0.2, 0.25) is 0 Å². The Bertz CT molecular complexity index is 998. The molecule has 5 heteroatoms. The summed E-state index contributed by atoms with van der Waals surface area (Å²) >= 11 is 0. The van der Waals surface area contributed by atoms with Crippen molar-refractivity contribution in [2.75, 3.05) is 0 Å². The van der Waals surface area contributed by atoms with Gasteiger partial charge >= 0.3 is 7.60 Å². The summed E-state index contributed by atoms with van der Waals surface area (Å²) in [6.07, 6.45) is -1.33. The Morgan fingerprint density at radius 2 is 0.788 bits per heavy atom. The van der Waals surface area contributed by atoms with Crippen LogP contribution in [0.3, 0.4) is 0 Å². The third-order valence-corrected chi connectivity index (χ3v) is 7.30. The summed E-state index contributed by atoms with van der Waals surface area (Å²) < 4.78 is 26.6. The molecule has 0 aromatic heterocycles. The Hall–Kier alpha value is -3.01. The minimum absolute atomic E-state index is 0.667. The fourth-order valence-electron chi connectivity index (χ4n) is 3.63. The second kappa shape index (κ2) is 10.7. The minimum Gasteiger partial charge on any atom is -0.381 e. The zero-order valence-corrected chi connectivity index (χ0v) is 19.3. The molecule has 0 saturated heterocycles. The first-order valence-electron chi connectivity index (χ1n) is 10.9. The lowest BCUT2D eigenvalue weighted by molar-refractivity contribution is 0.107. The third kappa shape index (κ3) is 5.68. The third-order valence-electron chi connectivity index (χ3n) is 5.37. The van der Waals surface area contributed by atoms with E-state index in [1.165, 1.54) is 6.92 Å². The molecule has 0 aliphatic rings. The van der Waals surface area contributed by atoms with Gasteiger partial charge in [0.15, 0.2) is 5.85 Å². The number of benzene rings is 4. The maximum Gasteiger partial charge on any atom is 0.360 e. The van der Waals surface area contributed by atoms with E-state index in [0.29, 0.717) is 0 Å². The van der Waals surface area contributed by atoms with Gasteiger partial charge in [0.25, 0.3) is 0 Å². The van der Waals surface area contributed by atoms with Crippen LogP contribution >= 0.6 is 7.60 Å². The summed E-state index contributed by atoms with van der Waals surface area (Å²) in [5.41, 5.74) is 3.29. The highest BCUT2D eigenvalue weighted by atomic mass is 31.2. The molecule has 0 saturated carbocycles. The van der Waals surface area contributed by atoms with Gasteiger partial charge in [0.1, 0.15) is 12.2 Å². The summed E-state index contributed by atoms with van der Waals surface area (Å²) in [6, 6.07) is 38.2. The van der Waals surface area contributed by atoms with Crippen LogP contribution < -0.4 is 0 Å². The largest absolute Gasteiger partial charge is 0.381 e. The molecule has 4 rings (SSSR count). The molecule has 1 atom stereocenters. The highest BCUT2D eigenvalue weighted by molar-refractivity contribution is 7.54. The van der Waals surface area contributed by atoms with E-state index in [9.17, 15) is 9.67 Å². The lowest BCUT2D eigenvalue weighted by Crippen LogP contribution is -2.16. The molecule has 0 radical (unpaired) electrons. The van der Waals surface area contributed by atoms with Crippen molar-refractivity contribution in [1.29, 1.82) is 0 Å². The van der Waals surface area contributed by atoms with Crippen LogP contribution in [0, 0.1) is 0 Å².